The molecule has 3 rings (SSSR count). The molecule has 2 aromatic heterocycles. The Bertz CT molecular complexity index is 628. The maximum Gasteiger partial charge on any atom is 0.348 e. The third kappa shape index (κ3) is 2.46. The molecule has 0 radical (unpaired) electrons. The molecule has 0 saturated heterocycles. The number of anilines is 1. The van der Waals surface area contributed by atoms with E-state index in [9.17, 15) is 4.79 Å². The predicted octanol–water partition coefficient (Wildman–Crippen LogP) is 0.646. The largest absolute Gasteiger partial charge is 0.385 e. The van der Waals surface area contributed by atoms with Crippen LogP contribution in [0.4, 0.5) is 5.82 Å². The summed E-state index contributed by atoms with van der Waals surface area (Å²) in [5.41, 5.74) is 0.659. The lowest BCUT2D eigenvalue weighted by Crippen LogP contribution is -2.18. The number of rotatable bonds is 6. The Morgan fingerprint density at radius 3 is 3.16 bits per heavy atom. The molecule has 0 spiro atoms. The molecule has 2 aromatic rings. The molecular weight excluding hydrogens is 246 g/mol. The second-order valence-corrected chi connectivity index (χ2v) is 5.13. The first kappa shape index (κ1) is 12.2. The zero-order valence-electron chi connectivity index (χ0n) is 10.8. The summed E-state index contributed by atoms with van der Waals surface area (Å²) in [5.74, 6) is 0.746. The van der Waals surface area contributed by atoms with Crippen LogP contribution in [-0.4, -0.2) is 39.8 Å². The zero-order chi connectivity index (χ0) is 13.3. The Balaban J connectivity index is 1.67. The van der Waals surface area contributed by atoms with Crippen molar-refractivity contribution in [2.45, 2.75) is 19.3 Å². The monoisotopic (exact) mass is 263 g/mol. The molecule has 0 aliphatic heterocycles. The van der Waals surface area contributed by atoms with Crippen LogP contribution in [0.1, 0.15) is 19.3 Å². The molecule has 2 heterocycles. The number of ether oxygens (including phenoxy) is 1. The van der Waals surface area contributed by atoms with E-state index in [0.29, 0.717) is 11.1 Å². The number of fused-ring (bicyclic) bond motifs is 1. The minimum Gasteiger partial charge on any atom is -0.385 e. The van der Waals surface area contributed by atoms with Gasteiger partial charge in [-0.2, -0.15) is 5.10 Å². The van der Waals surface area contributed by atoms with Gasteiger partial charge in [-0.05, 0) is 24.7 Å². The fourth-order valence-corrected chi connectivity index (χ4v) is 2.20. The Morgan fingerprint density at radius 2 is 2.42 bits per heavy atom. The quantitative estimate of drug-likeness (QED) is 0.799. The van der Waals surface area contributed by atoms with Crippen LogP contribution in [-0.2, 0) is 4.74 Å². The van der Waals surface area contributed by atoms with Crippen LogP contribution >= 0.6 is 0 Å². The summed E-state index contributed by atoms with van der Waals surface area (Å²) >= 11 is 0. The second-order valence-electron chi connectivity index (χ2n) is 5.13. The lowest BCUT2D eigenvalue weighted by atomic mass is 10.0. The van der Waals surface area contributed by atoms with Crippen LogP contribution in [0.15, 0.2) is 17.2 Å². The van der Waals surface area contributed by atoms with Gasteiger partial charge in [-0.3, -0.25) is 0 Å². The minimum atomic E-state index is -0.271. The first-order valence-corrected chi connectivity index (χ1v) is 6.38. The van der Waals surface area contributed by atoms with Crippen molar-refractivity contribution < 1.29 is 4.74 Å². The van der Waals surface area contributed by atoms with Gasteiger partial charge in [0.05, 0.1) is 0 Å². The molecule has 1 saturated carbocycles. The van der Waals surface area contributed by atoms with E-state index in [2.05, 4.69) is 20.5 Å². The third-order valence-corrected chi connectivity index (χ3v) is 3.75. The molecule has 0 aromatic carbocycles. The number of H-pyrrole nitrogens is 1. The number of hydrogen-bond donors (Lipinski definition) is 2. The van der Waals surface area contributed by atoms with Crippen molar-refractivity contribution in [3.63, 3.8) is 0 Å². The molecule has 7 nitrogen and oxygen atoms in total. The van der Waals surface area contributed by atoms with Gasteiger partial charge >= 0.3 is 5.69 Å². The maximum atomic E-state index is 11.3. The van der Waals surface area contributed by atoms with Gasteiger partial charge in [-0.25, -0.2) is 19.3 Å². The molecule has 19 heavy (non-hydrogen) atoms. The van der Waals surface area contributed by atoms with E-state index in [1.54, 1.807) is 13.2 Å². The van der Waals surface area contributed by atoms with Gasteiger partial charge < -0.3 is 10.1 Å². The van der Waals surface area contributed by atoms with E-state index >= 15 is 0 Å². The van der Waals surface area contributed by atoms with Gasteiger partial charge in [0.1, 0.15) is 12.1 Å². The first-order chi connectivity index (χ1) is 9.22. The lowest BCUT2D eigenvalue weighted by molar-refractivity contribution is 0.175. The van der Waals surface area contributed by atoms with Crippen LogP contribution in [0.25, 0.3) is 5.65 Å². The number of aromatic amines is 1. The van der Waals surface area contributed by atoms with Crippen molar-refractivity contribution in [1.29, 1.82) is 0 Å². The topological polar surface area (TPSA) is 84.3 Å². The first-order valence-electron chi connectivity index (χ1n) is 6.38. The normalized spacial score (nSPS) is 16.7. The van der Waals surface area contributed by atoms with Gasteiger partial charge in [0, 0.05) is 26.3 Å². The Kier molecular flexibility index (Phi) is 2.98. The second kappa shape index (κ2) is 4.65. The highest BCUT2D eigenvalue weighted by Gasteiger charge is 2.41. The Hall–Kier alpha value is -1.89. The highest BCUT2D eigenvalue weighted by molar-refractivity contribution is 5.48. The highest BCUT2D eigenvalue weighted by atomic mass is 16.5. The van der Waals surface area contributed by atoms with E-state index in [1.165, 1.54) is 23.6 Å². The van der Waals surface area contributed by atoms with Crippen molar-refractivity contribution in [3.8, 4) is 0 Å². The summed E-state index contributed by atoms with van der Waals surface area (Å²) in [6.45, 7) is 1.68. The molecule has 0 amide bonds. The van der Waals surface area contributed by atoms with Crippen LogP contribution in [0.2, 0.25) is 0 Å². The molecule has 0 atom stereocenters. The van der Waals surface area contributed by atoms with Crippen molar-refractivity contribution in [1.82, 2.24) is 19.6 Å². The van der Waals surface area contributed by atoms with Crippen LogP contribution in [0.3, 0.4) is 0 Å². The van der Waals surface area contributed by atoms with Gasteiger partial charge in [0.2, 0.25) is 0 Å². The SMILES string of the molecule is COCCC1(CNc2cc3n[nH]c(=O)n3cn2)CC1. The zero-order valence-corrected chi connectivity index (χ0v) is 10.8. The molecule has 102 valence electrons. The van der Waals surface area contributed by atoms with Crippen LogP contribution < -0.4 is 11.0 Å². The number of nitrogens with zero attached hydrogens (tertiary/aromatic N) is 3. The summed E-state index contributed by atoms with van der Waals surface area (Å²) in [6, 6.07) is 1.77. The van der Waals surface area contributed by atoms with Gasteiger partial charge in [0.25, 0.3) is 0 Å². The summed E-state index contributed by atoms with van der Waals surface area (Å²) in [7, 11) is 1.73. The molecule has 1 aliphatic carbocycles. The number of methoxy groups -OCH3 is 1. The standard InChI is InChI=1S/C12H17N5O2/c1-19-5-4-12(2-3-12)7-13-9-6-10-15-16-11(18)17(10)8-14-9/h6,8,13H,2-5,7H2,1H3,(H,16,18). The minimum absolute atomic E-state index is 0.271. The van der Waals surface area contributed by atoms with E-state index in [-0.39, 0.29) is 5.69 Å². The molecule has 0 bridgehead atoms. The fourth-order valence-electron chi connectivity index (χ4n) is 2.20. The highest BCUT2D eigenvalue weighted by Crippen LogP contribution is 2.48. The molecule has 1 fully saturated rings. The summed E-state index contributed by atoms with van der Waals surface area (Å²) in [4.78, 5) is 15.5. The van der Waals surface area contributed by atoms with Crippen LogP contribution in [0, 0.1) is 5.41 Å². The van der Waals surface area contributed by atoms with Crippen molar-refractivity contribution in [3.05, 3.63) is 22.9 Å². The van der Waals surface area contributed by atoms with E-state index < -0.39 is 0 Å². The van der Waals surface area contributed by atoms with Crippen molar-refractivity contribution >= 4 is 11.5 Å². The predicted molar refractivity (Wildman–Crippen MR) is 70.3 cm³/mol. The molecular formula is C12H17N5O2. The number of nitrogens with one attached hydrogen (secondary N) is 2. The van der Waals surface area contributed by atoms with Gasteiger partial charge in [-0.15, -0.1) is 0 Å². The lowest BCUT2D eigenvalue weighted by Gasteiger charge is -2.15. The van der Waals surface area contributed by atoms with Crippen molar-refractivity contribution in [2.24, 2.45) is 5.41 Å². The molecule has 7 heteroatoms. The van der Waals surface area contributed by atoms with E-state index in [0.717, 1.165) is 25.4 Å². The summed E-state index contributed by atoms with van der Waals surface area (Å²) in [5, 5.41) is 9.63. The van der Waals surface area contributed by atoms with Gasteiger partial charge in [0.15, 0.2) is 5.65 Å². The molecule has 0 unspecified atom stereocenters. The maximum absolute atomic E-state index is 11.3. The van der Waals surface area contributed by atoms with E-state index in [1.807, 2.05) is 0 Å². The Labute approximate surface area is 110 Å². The Morgan fingerprint density at radius 1 is 1.58 bits per heavy atom. The third-order valence-electron chi connectivity index (χ3n) is 3.75. The molecule has 2 N–H and O–H groups in total. The summed E-state index contributed by atoms with van der Waals surface area (Å²) < 4.78 is 6.51. The fraction of sp³-hybridized carbons (Fsp3) is 0.583. The van der Waals surface area contributed by atoms with Crippen LogP contribution in [0.5, 0.6) is 0 Å². The smallest absolute Gasteiger partial charge is 0.348 e. The number of hydrogen-bond acceptors (Lipinski definition) is 5. The van der Waals surface area contributed by atoms with E-state index in [4.69, 9.17) is 4.74 Å². The average Bonchev–Trinajstić information content (AvgIpc) is 3.12. The average molecular weight is 263 g/mol. The van der Waals surface area contributed by atoms with Crippen molar-refractivity contribution in [2.75, 3.05) is 25.6 Å². The molecule has 1 aliphatic rings. The summed E-state index contributed by atoms with van der Waals surface area (Å²) in [6.07, 6.45) is 5.01. The number of aromatic nitrogens is 4. The van der Waals surface area contributed by atoms with Gasteiger partial charge in [-0.1, -0.05) is 0 Å².